The monoisotopic (exact) mass is 605 g/mol. The number of H-pyrrole nitrogens is 1. The molecule has 1 fully saturated rings. The van der Waals surface area contributed by atoms with Crippen molar-refractivity contribution < 1.29 is 44.7 Å². The molecule has 2 unspecified atom stereocenters. The third-order valence-corrected chi connectivity index (χ3v) is 6.85. The Kier molecular flexibility index (Phi) is 8.46. The van der Waals surface area contributed by atoms with Crippen molar-refractivity contribution in [3.63, 3.8) is 0 Å². The van der Waals surface area contributed by atoms with Gasteiger partial charge < -0.3 is 20.4 Å². The molecule has 1 aromatic carbocycles. The Morgan fingerprint density at radius 3 is 2.40 bits per heavy atom. The van der Waals surface area contributed by atoms with Crippen molar-refractivity contribution in [2.75, 3.05) is 11.4 Å². The van der Waals surface area contributed by atoms with Crippen molar-refractivity contribution in [1.82, 2.24) is 15.0 Å². The standard InChI is InChI=1S/C26H23F8N5O3/c1-2-17-21(28)24(41)38-23(37-17)19-16(25(29,30)31)5-3-12(20(19)27)9-14-10-13(22(35)40)7-8-39(14)18-6-4-15(11-36-18)42-26(32,33)34/h3-6,11,13-14H,2,7-10H2,1H3,(H2,35,40)(H,37,38,41). The van der Waals surface area contributed by atoms with E-state index in [1.54, 1.807) is 4.90 Å². The molecule has 0 aliphatic carbocycles. The zero-order chi connectivity index (χ0) is 31.0. The van der Waals surface area contributed by atoms with Gasteiger partial charge >= 0.3 is 12.5 Å². The minimum atomic E-state index is -5.08. The summed E-state index contributed by atoms with van der Waals surface area (Å²) in [6.07, 6.45) is -9.41. The number of carbonyl (C=O) groups is 1. The lowest BCUT2D eigenvalue weighted by Gasteiger charge is -2.39. The van der Waals surface area contributed by atoms with Crippen molar-refractivity contribution in [2.45, 2.75) is 51.2 Å². The van der Waals surface area contributed by atoms with Crippen LogP contribution in [-0.2, 0) is 23.8 Å². The summed E-state index contributed by atoms with van der Waals surface area (Å²) in [5.41, 5.74) is 0.821. The molecule has 3 heterocycles. The first-order valence-electron chi connectivity index (χ1n) is 12.5. The molecule has 42 heavy (non-hydrogen) atoms. The minimum Gasteiger partial charge on any atom is -0.404 e. The average Bonchev–Trinajstić information content (AvgIpc) is 2.90. The Hall–Kier alpha value is -4.24. The van der Waals surface area contributed by atoms with Gasteiger partial charge in [0.15, 0.2) is 0 Å². The highest BCUT2D eigenvalue weighted by Crippen LogP contribution is 2.39. The summed E-state index contributed by atoms with van der Waals surface area (Å²) in [6, 6.07) is 2.93. The lowest BCUT2D eigenvalue weighted by molar-refractivity contribution is -0.274. The molecule has 4 rings (SSSR count). The van der Waals surface area contributed by atoms with Gasteiger partial charge in [-0.3, -0.25) is 9.59 Å². The largest absolute Gasteiger partial charge is 0.573 e. The van der Waals surface area contributed by atoms with Gasteiger partial charge in [0.05, 0.1) is 23.0 Å². The number of anilines is 1. The first kappa shape index (κ1) is 30.7. The summed E-state index contributed by atoms with van der Waals surface area (Å²) in [6.45, 7) is 1.53. The summed E-state index contributed by atoms with van der Waals surface area (Å²) in [4.78, 5) is 35.2. The van der Waals surface area contributed by atoms with Crippen molar-refractivity contribution in [2.24, 2.45) is 11.7 Å². The normalized spacial score (nSPS) is 17.8. The number of hydrogen-bond acceptors (Lipinski definition) is 6. The van der Waals surface area contributed by atoms with Crippen LogP contribution < -0.4 is 20.9 Å². The van der Waals surface area contributed by atoms with E-state index < -0.39 is 76.0 Å². The molecule has 1 amide bonds. The van der Waals surface area contributed by atoms with Gasteiger partial charge in [-0.15, -0.1) is 13.2 Å². The number of nitrogens with one attached hydrogen (secondary N) is 1. The van der Waals surface area contributed by atoms with Crippen LogP contribution in [-0.4, -0.2) is 39.8 Å². The van der Waals surface area contributed by atoms with Gasteiger partial charge in [0.25, 0.3) is 5.56 Å². The number of carbonyl (C=O) groups excluding carboxylic acids is 1. The molecule has 226 valence electrons. The van der Waals surface area contributed by atoms with E-state index in [1.807, 2.05) is 4.98 Å². The number of nitrogens with zero attached hydrogens (tertiary/aromatic N) is 3. The van der Waals surface area contributed by atoms with Crippen LogP contribution in [0.4, 0.5) is 40.9 Å². The fourth-order valence-electron chi connectivity index (χ4n) is 4.90. The van der Waals surface area contributed by atoms with E-state index in [-0.39, 0.29) is 43.6 Å². The Balaban J connectivity index is 1.77. The summed E-state index contributed by atoms with van der Waals surface area (Å²) >= 11 is 0. The number of hydrogen-bond donors (Lipinski definition) is 2. The number of aromatic nitrogens is 3. The van der Waals surface area contributed by atoms with Gasteiger partial charge in [-0.2, -0.15) is 17.6 Å². The smallest absolute Gasteiger partial charge is 0.404 e. The van der Waals surface area contributed by atoms with Gasteiger partial charge in [-0.25, -0.2) is 14.4 Å². The number of benzene rings is 1. The third kappa shape index (κ3) is 6.62. The van der Waals surface area contributed by atoms with Crippen LogP contribution in [0.25, 0.3) is 11.4 Å². The second kappa shape index (κ2) is 11.6. The van der Waals surface area contributed by atoms with Crippen molar-refractivity contribution in [1.29, 1.82) is 0 Å². The molecule has 3 N–H and O–H groups in total. The quantitative estimate of drug-likeness (QED) is 0.371. The van der Waals surface area contributed by atoms with E-state index in [2.05, 4.69) is 14.7 Å². The number of halogens is 8. The van der Waals surface area contributed by atoms with E-state index in [0.717, 1.165) is 18.3 Å². The molecule has 2 aromatic heterocycles. The molecule has 8 nitrogen and oxygen atoms in total. The van der Waals surface area contributed by atoms with Crippen molar-refractivity contribution >= 4 is 11.7 Å². The molecular weight excluding hydrogens is 582 g/mol. The number of aromatic amines is 1. The van der Waals surface area contributed by atoms with E-state index in [9.17, 15) is 40.3 Å². The second-order valence-electron chi connectivity index (χ2n) is 9.56. The average molecular weight is 605 g/mol. The highest BCUT2D eigenvalue weighted by molar-refractivity contribution is 5.77. The summed E-state index contributed by atoms with van der Waals surface area (Å²) in [5.74, 6) is -5.30. The van der Waals surface area contributed by atoms with Gasteiger partial charge in [0.2, 0.25) is 11.7 Å². The first-order valence-corrected chi connectivity index (χ1v) is 12.5. The predicted molar refractivity (Wildman–Crippen MR) is 132 cm³/mol. The van der Waals surface area contributed by atoms with Crippen LogP contribution in [0.3, 0.4) is 0 Å². The fourth-order valence-corrected chi connectivity index (χ4v) is 4.90. The number of amides is 1. The maximum atomic E-state index is 16.0. The lowest BCUT2D eigenvalue weighted by Crippen LogP contribution is -2.47. The number of ether oxygens (including phenoxy) is 1. The molecule has 1 saturated heterocycles. The number of rotatable bonds is 7. The Morgan fingerprint density at radius 1 is 1.12 bits per heavy atom. The zero-order valence-corrected chi connectivity index (χ0v) is 21.7. The molecule has 0 bridgehead atoms. The lowest BCUT2D eigenvalue weighted by atomic mass is 9.86. The van der Waals surface area contributed by atoms with Crippen LogP contribution in [0, 0.1) is 17.6 Å². The van der Waals surface area contributed by atoms with Crippen molar-refractivity contribution in [3.05, 3.63) is 69.3 Å². The maximum Gasteiger partial charge on any atom is 0.573 e. The molecule has 1 aliphatic rings. The maximum absolute atomic E-state index is 16.0. The molecular formula is C26H23F8N5O3. The van der Waals surface area contributed by atoms with Crippen molar-refractivity contribution in [3.8, 4) is 17.1 Å². The topological polar surface area (TPSA) is 114 Å². The number of primary amides is 1. The Labute approximate surface area is 232 Å². The first-order chi connectivity index (χ1) is 19.6. The highest BCUT2D eigenvalue weighted by Gasteiger charge is 2.38. The van der Waals surface area contributed by atoms with Gasteiger partial charge in [-0.1, -0.05) is 13.0 Å². The SMILES string of the molecule is CCc1nc(-c2c(C(F)(F)F)ccc(CC3CC(C(N)=O)CCN3c3ccc(OC(F)(F)F)cn3)c2F)[nH]c(=O)c1F. The zero-order valence-electron chi connectivity index (χ0n) is 21.7. The van der Waals surface area contributed by atoms with E-state index in [1.165, 1.54) is 13.0 Å². The molecule has 3 aromatic rings. The van der Waals surface area contributed by atoms with E-state index in [4.69, 9.17) is 5.73 Å². The predicted octanol–water partition coefficient (Wildman–Crippen LogP) is 4.90. The summed E-state index contributed by atoms with van der Waals surface area (Å²) in [7, 11) is 0. The molecule has 0 radical (unpaired) electrons. The highest BCUT2D eigenvalue weighted by atomic mass is 19.4. The van der Waals surface area contributed by atoms with Crippen LogP contribution in [0.5, 0.6) is 5.75 Å². The summed E-state index contributed by atoms with van der Waals surface area (Å²) in [5, 5.41) is 0. The van der Waals surface area contributed by atoms with Crippen LogP contribution in [0.2, 0.25) is 0 Å². The molecule has 1 aliphatic heterocycles. The van der Waals surface area contributed by atoms with Crippen LogP contribution >= 0.6 is 0 Å². The van der Waals surface area contributed by atoms with Crippen LogP contribution in [0.1, 0.15) is 36.6 Å². The summed E-state index contributed by atoms with van der Waals surface area (Å²) < 4.78 is 113. The second-order valence-corrected chi connectivity index (χ2v) is 9.56. The number of aryl methyl sites for hydroxylation is 1. The van der Waals surface area contributed by atoms with Gasteiger partial charge in [0.1, 0.15) is 23.2 Å². The van der Waals surface area contributed by atoms with Crippen LogP contribution in [0.15, 0.2) is 35.3 Å². The Morgan fingerprint density at radius 2 is 1.83 bits per heavy atom. The fraction of sp³-hybridized carbons (Fsp3) is 0.385. The number of alkyl halides is 6. The van der Waals surface area contributed by atoms with Gasteiger partial charge in [-0.05, 0) is 49.4 Å². The molecule has 0 spiro atoms. The Bertz CT molecular complexity index is 1520. The number of piperidine rings is 1. The minimum absolute atomic E-state index is 0.0270. The van der Waals surface area contributed by atoms with Gasteiger partial charge in [0, 0.05) is 18.5 Å². The van der Waals surface area contributed by atoms with E-state index >= 15 is 4.39 Å². The third-order valence-electron chi connectivity index (χ3n) is 6.85. The number of pyridine rings is 1. The molecule has 16 heteroatoms. The van der Waals surface area contributed by atoms with E-state index in [0.29, 0.717) is 6.07 Å². The number of nitrogens with two attached hydrogens (primary N) is 1. The molecule has 0 saturated carbocycles. The molecule has 2 atom stereocenters.